The lowest BCUT2D eigenvalue weighted by Crippen LogP contribution is -2.24. The van der Waals surface area contributed by atoms with Gasteiger partial charge in [0.05, 0.1) is 6.10 Å². The molecule has 0 aromatic carbocycles. The average Bonchev–Trinajstić information content (AvgIpc) is 2.78. The third-order valence-corrected chi connectivity index (χ3v) is 3.50. The van der Waals surface area contributed by atoms with Crippen LogP contribution in [0.5, 0.6) is 0 Å². The van der Waals surface area contributed by atoms with Gasteiger partial charge >= 0.3 is 0 Å². The first-order chi connectivity index (χ1) is 8.08. The Balaban J connectivity index is 2.11. The number of hydrogen-bond acceptors (Lipinski definition) is 4. The summed E-state index contributed by atoms with van der Waals surface area (Å²) in [6.45, 7) is 8.01. The highest BCUT2D eigenvalue weighted by Crippen LogP contribution is 2.25. The predicted molar refractivity (Wildman–Crippen MR) is 68.1 cm³/mol. The van der Waals surface area contributed by atoms with Crippen LogP contribution in [0.1, 0.15) is 38.8 Å². The van der Waals surface area contributed by atoms with Gasteiger partial charge in [0.1, 0.15) is 12.1 Å². The lowest BCUT2D eigenvalue weighted by Gasteiger charge is -2.19. The van der Waals surface area contributed by atoms with Crippen LogP contribution in [0, 0.1) is 5.92 Å². The molecule has 0 aliphatic carbocycles. The van der Waals surface area contributed by atoms with Crippen molar-refractivity contribution in [3.63, 3.8) is 0 Å². The van der Waals surface area contributed by atoms with E-state index < -0.39 is 0 Å². The average molecular weight is 235 g/mol. The molecule has 4 heteroatoms. The summed E-state index contributed by atoms with van der Waals surface area (Å²) in [4.78, 5) is 10.8. The predicted octanol–water partition coefficient (Wildman–Crippen LogP) is 1.81. The van der Waals surface area contributed by atoms with Crippen molar-refractivity contribution < 1.29 is 5.11 Å². The van der Waals surface area contributed by atoms with Gasteiger partial charge in [0, 0.05) is 30.8 Å². The van der Waals surface area contributed by atoms with Gasteiger partial charge in [-0.1, -0.05) is 13.8 Å². The molecule has 1 aliphatic heterocycles. The van der Waals surface area contributed by atoms with Crippen molar-refractivity contribution >= 4 is 5.82 Å². The zero-order valence-corrected chi connectivity index (χ0v) is 10.8. The molecule has 0 spiro atoms. The Hall–Kier alpha value is -1.16. The molecule has 0 amide bonds. The Morgan fingerprint density at radius 2 is 2.12 bits per heavy atom. The fraction of sp³-hybridized carbons (Fsp3) is 0.692. The molecule has 1 aromatic rings. The largest absolute Gasteiger partial charge is 0.393 e. The van der Waals surface area contributed by atoms with Crippen LogP contribution in [0.25, 0.3) is 0 Å². The molecule has 1 aliphatic rings. The van der Waals surface area contributed by atoms with Gasteiger partial charge in [0.15, 0.2) is 0 Å². The second-order valence-electron chi connectivity index (χ2n) is 5.19. The van der Waals surface area contributed by atoms with Crippen molar-refractivity contribution in [1.29, 1.82) is 0 Å². The maximum atomic E-state index is 9.60. The number of aliphatic hydroxyl groups is 1. The van der Waals surface area contributed by atoms with Gasteiger partial charge in [-0.15, -0.1) is 0 Å². The second kappa shape index (κ2) is 5.00. The van der Waals surface area contributed by atoms with Crippen LogP contribution in [-0.4, -0.2) is 34.3 Å². The van der Waals surface area contributed by atoms with Crippen LogP contribution in [0.4, 0.5) is 5.82 Å². The van der Waals surface area contributed by atoms with E-state index >= 15 is 0 Å². The van der Waals surface area contributed by atoms with E-state index in [1.54, 1.807) is 6.33 Å². The maximum Gasteiger partial charge on any atom is 0.132 e. The molecule has 2 unspecified atom stereocenters. The van der Waals surface area contributed by atoms with Crippen molar-refractivity contribution in [1.82, 2.24) is 9.97 Å². The highest BCUT2D eigenvalue weighted by atomic mass is 16.3. The molecular weight excluding hydrogens is 214 g/mol. The van der Waals surface area contributed by atoms with Crippen LogP contribution in [-0.2, 0) is 0 Å². The zero-order chi connectivity index (χ0) is 12.4. The Morgan fingerprint density at radius 3 is 2.71 bits per heavy atom. The van der Waals surface area contributed by atoms with Crippen molar-refractivity contribution in [2.75, 3.05) is 18.0 Å². The topological polar surface area (TPSA) is 49.2 Å². The van der Waals surface area contributed by atoms with Gasteiger partial charge in [0.2, 0.25) is 0 Å². The molecule has 1 saturated heterocycles. The van der Waals surface area contributed by atoms with Crippen LogP contribution >= 0.6 is 0 Å². The normalized spacial score (nSPS) is 22.2. The van der Waals surface area contributed by atoms with E-state index in [9.17, 15) is 5.11 Å². The number of hydrogen-bond donors (Lipinski definition) is 1. The summed E-state index contributed by atoms with van der Waals surface area (Å²) in [5.41, 5.74) is 1.08. The molecule has 2 heterocycles. The van der Waals surface area contributed by atoms with Crippen molar-refractivity contribution in [2.24, 2.45) is 5.92 Å². The molecule has 94 valence electrons. The first-order valence-corrected chi connectivity index (χ1v) is 6.33. The number of rotatable bonds is 3. The Bertz CT molecular complexity index is 379. The lowest BCUT2D eigenvalue weighted by atomic mass is 10.0. The minimum Gasteiger partial charge on any atom is -0.393 e. The minimum atomic E-state index is -0.230. The molecule has 2 atom stereocenters. The molecule has 0 bridgehead atoms. The standard InChI is InChI=1S/C13H21N3O/c1-9(2)12-6-13(15-8-14-12)16-5-4-11(7-16)10(3)17/h6,8-11,17H,4-5,7H2,1-3H3. The monoisotopic (exact) mass is 235 g/mol. The number of nitrogens with zero attached hydrogens (tertiary/aromatic N) is 3. The molecule has 0 radical (unpaired) electrons. The van der Waals surface area contributed by atoms with Gasteiger partial charge in [0.25, 0.3) is 0 Å². The summed E-state index contributed by atoms with van der Waals surface area (Å²) in [6, 6.07) is 2.06. The smallest absolute Gasteiger partial charge is 0.132 e. The Kier molecular flexibility index (Phi) is 3.62. The Morgan fingerprint density at radius 1 is 1.35 bits per heavy atom. The summed E-state index contributed by atoms with van der Waals surface area (Å²) >= 11 is 0. The summed E-state index contributed by atoms with van der Waals surface area (Å²) in [7, 11) is 0. The van der Waals surface area contributed by atoms with E-state index in [2.05, 4.69) is 34.8 Å². The van der Waals surface area contributed by atoms with E-state index in [4.69, 9.17) is 0 Å². The molecule has 2 rings (SSSR count). The van der Waals surface area contributed by atoms with Crippen LogP contribution in [0.2, 0.25) is 0 Å². The zero-order valence-electron chi connectivity index (χ0n) is 10.8. The van der Waals surface area contributed by atoms with Crippen molar-refractivity contribution in [3.8, 4) is 0 Å². The van der Waals surface area contributed by atoms with Gasteiger partial charge in [-0.25, -0.2) is 9.97 Å². The van der Waals surface area contributed by atoms with E-state index in [1.165, 1.54) is 0 Å². The molecule has 1 fully saturated rings. The van der Waals surface area contributed by atoms with Crippen LogP contribution in [0.3, 0.4) is 0 Å². The van der Waals surface area contributed by atoms with Crippen molar-refractivity contribution in [3.05, 3.63) is 18.1 Å². The summed E-state index contributed by atoms with van der Waals surface area (Å²) in [5.74, 6) is 1.78. The van der Waals surface area contributed by atoms with Crippen molar-refractivity contribution in [2.45, 2.75) is 39.2 Å². The first kappa shape index (κ1) is 12.3. The number of aliphatic hydroxyl groups excluding tert-OH is 1. The number of anilines is 1. The van der Waals surface area contributed by atoms with E-state index in [1.807, 2.05) is 6.92 Å². The van der Waals surface area contributed by atoms with Crippen LogP contribution < -0.4 is 4.90 Å². The maximum absolute atomic E-state index is 9.60. The highest BCUT2D eigenvalue weighted by Gasteiger charge is 2.26. The van der Waals surface area contributed by atoms with E-state index in [-0.39, 0.29) is 6.10 Å². The molecule has 0 saturated carbocycles. The summed E-state index contributed by atoms with van der Waals surface area (Å²) in [5, 5.41) is 9.60. The Labute approximate surface area is 103 Å². The summed E-state index contributed by atoms with van der Waals surface area (Å²) in [6.07, 6.45) is 2.45. The van der Waals surface area contributed by atoms with Gasteiger partial charge in [-0.3, -0.25) is 0 Å². The molecule has 1 N–H and O–H groups in total. The van der Waals surface area contributed by atoms with Gasteiger partial charge < -0.3 is 10.0 Å². The van der Waals surface area contributed by atoms with Gasteiger partial charge in [-0.2, -0.15) is 0 Å². The lowest BCUT2D eigenvalue weighted by molar-refractivity contribution is 0.136. The first-order valence-electron chi connectivity index (χ1n) is 6.33. The molecule has 17 heavy (non-hydrogen) atoms. The van der Waals surface area contributed by atoms with Crippen LogP contribution in [0.15, 0.2) is 12.4 Å². The minimum absolute atomic E-state index is 0.230. The second-order valence-corrected chi connectivity index (χ2v) is 5.19. The van der Waals surface area contributed by atoms with E-state index in [0.717, 1.165) is 31.0 Å². The molecular formula is C13H21N3O. The van der Waals surface area contributed by atoms with E-state index in [0.29, 0.717) is 11.8 Å². The third-order valence-electron chi connectivity index (χ3n) is 3.50. The number of aromatic nitrogens is 2. The quantitative estimate of drug-likeness (QED) is 0.868. The SMILES string of the molecule is CC(C)c1cc(N2CCC(C(C)O)C2)ncn1. The van der Waals surface area contributed by atoms with Gasteiger partial charge in [-0.05, 0) is 19.3 Å². The fourth-order valence-electron chi connectivity index (χ4n) is 2.24. The fourth-order valence-corrected chi connectivity index (χ4v) is 2.24. The highest BCUT2D eigenvalue weighted by molar-refractivity contribution is 5.40. The molecule has 4 nitrogen and oxygen atoms in total. The molecule has 1 aromatic heterocycles. The third kappa shape index (κ3) is 2.75. The summed E-state index contributed by atoms with van der Waals surface area (Å²) < 4.78 is 0.